The number of rotatable bonds is 2. The Bertz CT molecular complexity index is 542. The van der Waals surface area contributed by atoms with Crippen LogP contribution in [0.3, 0.4) is 0 Å². The van der Waals surface area contributed by atoms with Crippen LogP contribution in [0.25, 0.3) is 0 Å². The lowest BCUT2D eigenvalue weighted by atomic mass is 10.2. The first-order chi connectivity index (χ1) is 9.72. The predicted molar refractivity (Wildman–Crippen MR) is 64.5 cm³/mol. The third-order valence-electron chi connectivity index (χ3n) is 3.02. The van der Waals surface area contributed by atoms with E-state index in [1.54, 1.807) is 24.3 Å². The summed E-state index contributed by atoms with van der Waals surface area (Å²) in [5.74, 6) is 0. The van der Waals surface area contributed by atoms with Crippen LogP contribution in [0.2, 0.25) is 0 Å². The molecule has 3 rings (SSSR count). The number of nitrogens with zero attached hydrogens (tertiary/aromatic N) is 3. The number of carbonyl (C=O) groups excluding carboxylic acids is 1. The van der Waals surface area contributed by atoms with Crippen molar-refractivity contribution < 1.29 is 24.0 Å². The maximum atomic E-state index is 11.7. The van der Waals surface area contributed by atoms with Crippen molar-refractivity contribution in [3.63, 3.8) is 0 Å². The second-order valence-electron chi connectivity index (χ2n) is 4.45. The molecule has 0 saturated carbocycles. The molecule has 1 saturated heterocycles. The molecule has 20 heavy (non-hydrogen) atoms. The van der Waals surface area contributed by atoms with Crippen molar-refractivity contribution >= 4 is 11.8 Å². The highest BCUT2D eigenvalue weighted by Gasteiger charge is 2.29. The Labute approximate surface area is 114 Å². The molecule has 1 fully saturated rings. The first-order valence-electron chi connectivity index (χ1n) is 6.23. The third-order valence-corrected chi connectivity index (χ3v) is 3.02. The molecule has 0 aromatic heterocycles. The Balaban J connectivity index is 1.62. The molecular formula is C12H13N3O5. The first-order valence-corrected chi connectivity index (χ1v) is 6.23. The fraction of sp³-hybridized carbons (Fsp3) is 0.417. The van der Waals surface area contributed by atoms with Crippen molar-refractivity contribution in [3.05, 3.63) is 35.0 Å². The summed E-state index contributed by atoms with van der Waals surface area (Å²) in [5.41, 5.74) is 1.15. The number of benzene rings is 1. The fourth-order valence-corrected chi connectivity index (χ4v) is 2.05. The highest BCUT2D eigenvalue weighted by molar-refractivity contribution is 5.59. The monoisotopic (exact) mass is 279 g/mol. The zero-order valence-electron chi connectivity index (χ0n) is 10.6. The highest BCUT2D eigenvalue weighted by Crippen LogP contribution is 2.25. The average molecular weight is 279 g/mol. The largest absolute Gasteiger partial charge is 0.691 e. The summed E-state index contributed by atoms with van der Waals surface area (Å²) < 4.78 is 10.1. The molecule has 0 spiro atoms. The molecular weight excluding hydrogens is 266 g/mol. The molecule has 8 nitrogen and oxygen atoms in total. The van der Waals surface area contributed by atoms with Crippen LogP contribution in [0.4, 0.5) is 10.5 Å². The van der Waals surface area contributed by atoms with Crippen LogP contribution in [-0.4, -0.2) is 35.5 Å². The number of hydrogen-bond donors (Lipinski definition) is 0. The lowest BCUT2D eigenvalue weighted by Gasteiger charge is -2.19. The molecule has 0 aliphatic carbocycles. The molecule has 0 bridgehead atoms. The van der Waals surface area contributed by atoms with Crippen LogP contribution in [-0.2, 0) is 20.9 Å². The van der Waals surface area contributed by atoms with Crippen molar-refractivity contribution in [2.75, 3.05) is 13.2 Å². The van der Waals surface area contributed by atoms with E-state index in [2.05, 4.69) is 5.22 Å². The van der Waals surface area contributed by atoms with E-state index in [0.29, 0.717) is 30.2 Å². The third kappa shape index (κ3) is 2.64. The van der Waals surface area contributed by atoms with E-state index in [9.17, 15) is 10.0 Å². The Hall–Kier alpha value is -2.35. The van der Waals surface area contributed by atoms with Gasteiger partial charge in [-0.05, 0) is 6.07 Å². The van der Waals surface area contributed by atoms with Gasteiger partial charge in [0.15, 0.2) is 12.2 Å². The molecule has 1 atom stereocenters. The van der Waals surface area contributed by atoms with Gasteiger partial charge in [0, 0.05) is 17.2 Å². The van der Waals surface area contributed by atoms with E-state index in [0.717, 1.165) is 10.7 Å². The van der Waals surface area contributed by atoms with Gasteiger partial charge < -0.3 is 14.7 Å². The Morgan fingerprint density at radius 2 is 2.35 bits per heavy atom. The van der Waals surface area contributed by atoms with Gasteiger partial charge in [-0.15, -0.1) is 4.86 Å². The van der Waals surface area contributed by atoms with Crippen LogP contribution in [0, 0.1) is 5.21 Å². The van der Waals surface area contributed by atoms with Gasteiger partial charge >= 0.3 is 6.16 Å². The summed E-state index contributed by atoms with van der Waals surface area (Å²) in [6.07, 6.45) is -0.553. The molecule has 8 heteroatoms. The lowest BCUT2D eigenvalue weighted by Crippen LogP contribution is -2.29. The fourth-order valence-electron chi connectivity index (χ4n) is 2.05. The topological polar surface area (TPSA) is 86.4 Å². The average Bonchev–Trinajstić information content (AvgIpc) is 2.91. The quantitative estimate of drug-likeness (QED) is 0.466. The summed E-state index contributed by atoms with van der Waals surface area (Å²) in [4.78, 5) is 16.9. The van der Waals surface area contributed by atoms with Gasteiger partial charge in [-0.1, -0.05) is 18.2 Å². The SMILES string of the molecule is O=C(OC1CCOC1)ON1Cc2ccccc2[N+]([O-])=N1. The number of fused-ring (bicyclic) bond motifs is 1. The zero-order chi connectivity index (χ0) is 13.9. The Morgan fingerprint density at radius 3 is 3.15 bits per heavy atom. The normalized spacial score (nSPS) is 21.1. The van der Waals surface area contributed by atoms with Crippen molar-refractivity contribution in [1.29, 1.82) is 0 Å². The zero-order valence-corrected chi connectivity index (χ0v) is 10.6. The highest BCUT2D eigenvalue weighted by atomic mass is 16.8. The summed E-state index contributed by atoms with van der Waals surface area (Å²) >= 11 is 0. The molecule has 0 radical (unpaired) electrons. The van der Waals surface area contributed by atoms with E-state index in [1.165, 1.54) is 0 Å². The summed E-state index contributed by atoms with van der Waals surface area (Å²) in [6.45, 7) is 1.13. The van der Waals surface area contributed by atoms with Crippen molar-refractivity contribution in [2.45, 2.75) is 19.1 Å². The Morgan fingerprint density at radius 1 is 1.50 bits per heavy atom. The molecule has 2 heterocycles. The minimum atomic E-state index is -0.892. The standard InChI is InChI=1S/C12H13N3O5/c16-12(19-10-5-6-18-8-10)20-14-7-9-3-1-2-4-11(9)15(17)13-14/h1-4,10H,5-8H2. The van der Waals surface area contributed by atoms with Crippen LogP contribution in [0.15, 0.2) is 29.5 Å². The number of para-hydroxylation sites is 1. The van der Waals surface area contributed by atoms with Gasteiger partial charge in [-0.2, -0.15) is 9.63 Å². The molecule has 0 amide bonds. The van der Waals surface area contributed by atoms with Crippen LogP contribution < -0.4 is 0 Å². The van der Waals surface area contributed by atoms with Crippen LogP contribution in [0.1, 0.15) is 12.0 Å². The number of carbonyl (C=O) groups is 1. The van der Waals surface area contributed by atoms with Gasteiger partial charge in [0.2, 0.25) is 0 Å². The second-order valence-corrected chi connectivity index (χ2v) is 4.45. The van der Waals surface area contributed by atoms with Gasteiger partial charge in [0.05, 0.1) is 13.2 Å². The van der Waals surface area contributed by atoms with Crippen LogP contribution >= 0.6 is 0 Å². The number of hydrogen-bond acceptors (Lipinski definition) is 7. The molecule has 1 aromatic rings. The summed E-state index contributed by atoms with van der Waals surface area (Å²) in [5, 5.41) is 16.2. The molecule has 1 unspecified atom stereocenters. The van der Waals surface area contributed by atoms with Gasteiger partial charge in [0.25, 0.3) is 0 Å². The minimum Gasteiger partial charge on any atom is -0.691 e. The molecule has 2 aliphatic rings. The number of hydroxylamine groups is 1. The lowest BCUT2D eigenvalue weighted by molar-refractivity contribution is -0.488. The smallest absolute Gasteiger partial charge is 0.553 e. The van der Waals surface area contributed by atoms with E-state index < -0.39 is 6.16 Å². The summed E-state index contributed by atoms with van der Waals surface area (Å²) in [6, 6.07) is 6.95. The van der Waals surface area contributed by atoms with E-state index in [1.807, 2.05) is 0 Å². The summed E-state index contributed by atoms with van der Waals surface area (Å²) in [7, 11) is 0. The second kappa shape index (κ2) is 5.33. The van der Waals surface area contributed by atoms with E-state index in [-0.39, 0.29) is 12.6 Å². The Kier molecular flexibility index (Phi) is 3.38. The molecule has 106 valence electrons. The molecule has 0 N–H and O–H groups in total. The van der Waals surface area contributed by atoms with E-state index in [4.69, 9.17) is 14.3 Å². The molecule has 1 aromatic carbocycles. The first kappa shape index (κ1) is 12.7. The van der Waals surface area contributed by atoms with E-state index >= 15 is 0 Å². The molecule has 2 aliphatic heterocycles. The van der Waals surface area contributed by atoms with Gasteiger partial charge in [-0.3, -0.25) is 0 Å². The maximum Gasteiger partial charge on any atom is 0.553 e. The minimum absolute atomic E-state index is 0.200. The van der Waals surface area contributed by atoms with Gasteiger partial charge in [0.1, 0.15) is 11.3 Å². The maximum absolute atomic E-state index is 11.7. The van der Waals surface area contributed by atoms with Gasteiger partial charge in [-0.25, -0.2) is 0 Å². The predicted octanol–water partition coefficient (Wildman–Crippen LogP) is 1.87. The van der Waals surface area contributed by atoms with Crippen molar-refractivity contribution in [1.82, 2.24) is 5.17 Å². The van der Waals surface area contributed by atoms with Crippen molar-refractivity contribution in [3.8, 4) is 0 Å². The van der Waals surface area contributed by atoms with Crippen LogP contribution in [0.5, 0.6) is 0 Å². The number of ether oxygens (including phenoxy) is 2. The van der Waals surface area contributed by atoms with Crippen molar-refractivity contribution in [2.24, 2.45) is 5.22 Å².